The normalized spacial score (nSPS) is 11.9. The molecule has 0 aliphatic heterocycles. The highest BCUT2D eigenvalue weighted by Crippen LogP contribution is 2.41. The maximum Gasteiger partial charge on any atom is 0.0971 e. The number of benzene rings is 6. The maximum absolute atomic E-state index is 4.72. The van der Waals surface area contributed by atoms with E-state index in [1.165, 1.54) is 69.9 Å². The summed E-state index contributed by atoms with van der Waals surface area (Å²) >= 11 is 1.92. The second kappa shape index (κ2) is 8.70. The molecule has 0 fully saturated rings. The van der Waals surface area contributed by atoms with Crippen LogP contribution in [0.1, 0.15) is 16.7 Å². The third-order valence-electron chi connectivity index (χ3n) is 8.16. The first-order valence-electron chi connectivity index (χ1n) is 13.7. The Morgan fingerprint density at radius 3 is 1.82 bits per heavy atom. The van der Waals surface area contributed by atoms with E-state index in [1.807, 2.05) is 11.3 Å². The fourth-order valence-corrected chi connectivity index (χ4v) is 7.56. The quantitative estimate of drug-likeness (QED) is 0.208. The molecule has 0 spiro atoms. The van der Waals surface area contributed by atoms with Crippen molar-refractivity contribution >= 4 is 64.1 Å². The summed E-state index contributed by atoms with van der Waals surface area (Å²) in [7, 11) is 0. The molecule has 0 radical (unpaired) electrons. The van der Waals surface area contributed by atoms with Crippen LogP contribution in [0, 0.1) is 20.8 Å². The Balaban J connectivity index is 1.31. The van der Waals surface area contributed by atoms with Crippen LogP contribution in [0.5, 0.6) is 0 Å². The molecule has 0 atom stereocenters. The second-order valence-electron chi connectivity index (χ2n) is 10.9. The van der Waals surface area contributed by atoms with Gasteiger partial charge >= 0.3 is 0 Å². The highest BCUT2D eigenvalue weighted by atomic mass is 32.1. The predicted octanol–water partition coefficient (Wildman–Crippen LogP) is 10.6. The van der Waals surface area contributed by atoms with Crippen LogP contribution in [-0.2, 0) is 0 Å². The Labute approximate surface area is 236 Å². The Hall–Kier alpha value is -4.60. The van der Waals surface area contributed by atoms with Gasteiger partial charge in [0.15, 0.2) is 0 Å². The third kappa shape index (κ3) is 3.48. The van der Waals surface area contributed by atoms with Crippen LogP contribution >= 0.6 is 11.3 Å². The van der Waals surface area contributed by atoms with Crippen LogP contribution < -0.4 is 0 Å². The summed E-state index contributed by atoms with van der Waals surface area (Å²) < 4.78 is 2.79. The van der Waals surface area contributed by atoms with E-state index < -0.39 is 0 Å². The molecule has 6 aromatic carbocycles. The molecule has 0 unspecified atom stereocenters. The Bertz CT molecular complexity index is 2270. The van der Waals surface area contributed by atoms with Gasteiger partial charge in [0, 0.05) is 43.3 Å². The van der Waals surface area contributed by atoms with E-state index in [9.17, 15) is 0 Å². The van der Waals surface area contributed by atoms with Crippen molar-refractivity contribution in [2.75, 3.05) is 0 Å². The molecule has 8 rings (SSSR count). The summed E-state index contributed by atoms with van der Waals surface area (Å²) in [4.78, 5) is 9.39. The van der Waals surface area contributed by atoms with Crippen LogP contribution in [0.4, 0.5) is 0 Å². The van der Waals surface area contributed by atoms with Crippen molar-refractivity contribution in [3.05, 3.63) is 120 Å². The monoisotopic (exact) mass is 530 g/mol. The van der Waals surface area contributed by atoms with Gasteiger partial charge in [-0.3, -0.25) is 9.97 Å². The van der Waals surface area contributed by atoms with Crippen LogP contribution in [0.15, 0.2) is 103 Å². The molecule has 40 heavy (non-hydrogen) atoms. The van der Waals surface area contributed by atoms with Gasteiger partial charge in [-0.15, -0.1) is 11.3 Å². The molecule has 2 aromatic heterocycles. The molecule has 8 aromatic rings. The Morgan fingerprint density at radius 1 is 0.450 bits per heavy atom. The standard InChI is InChI=1S/C37H26N2S/c1-21-15-22(2)36-32(16-21)33-20-27(17-23(3)37(33)40-36)25-8-6-7-24(18-25)26-11-12-30-31(19-26)28-9-4-5-10-29(28)34-35(30)39-14-13-38-34/h4-20H,1-3H3. The number of nitrogens with zero attached hydrogens (tertiary/aromatic N) is 2. The van der Waals surface area contributed by atoms with Crippen molar-refractivity contribution in [3.8, 4) is 22.3 Å². The van der Waals surface area contributed by atoms with E-state index >= 15 is 0 Å². The second-order valence-corrected chi connectivity index (χ2v) is 11.9. The largest absolute Gasteiger partial charge is 0.252 e. The van der Waals surface area contributed by atoms with Gasteiger partial charge in [0.25, 0.3) is 0 Å². The van der Waals surface area contributed by atoms with Gasteiger partial charge in [0.05, 0.1) is 11.0 Å². The van der Waals surface area contributed by atoms with Gasteiger partial charge in [-0.2, -0.15) is 0 Å². The van der Waals surface area contributed by atoms with Gasteiger partial charge < -0.3 is 0 Å². The molecule has 0 saturated heterocycles. The first-order valence-corrected chi connectivity index (χ1v) is 14.5. The van der Waals surface area contributed by atoms with Crippen LogP contribution in [0.25, 0.3) is 75.0 Å². The highest BCUT2D eigenvalue weighted by molar-refractivity contribution is 7.26. The molecule has 0 N–H and O–H groups in total. The molecule has 2 nitrogen and oxygen atoms in total. The predicted molar refractivity (Wildman–Crippen MR) is 173 cm³/mol. The summed E-state index contributed by atoms with van der Waals surface area (Å²) in [5.41, 5.74) is 10.8. The van der Waals surface area contributed by atoms with Crippen LogP contribution in [0.2, 0.25) is 0 Å². The van der Waals surface area contributed by atoms with E-state index in [-0.39, 0.29) is 0 Å². The average molecular weight is 531 g/mol. The van der Waals surface area contributed by atoms with Gasteiger partial charge in [0.2, 0.25) is 0 Å². The molecule has 3 heteroatoms. The van der Waals surface area contributed by atoms with E-state index in [0.717, 1.165) is 21.8 Å². The summed E-state index contributed by atoms with van der Waals surface area (Å²) in [5, 5.41) is 7.42. The lowest BCUT2D eigenvalue weighted by molar-refractivity contribution is 1.31. The number of hydrogen-bond acceptors (Lipinski definition) is 3. The minimum Gasteiger partial charge on any atom is -0.252 e. The van der Waals surface area contributed by atoms with E-state index in [1.54, 1.807) is 12.4 Å². The SMILES string of the molecule is Cc1cc(C)c2sc3c(C)cc(-c4cccc(-c5ccc6c(c5)c5ccccc5c5nccnc65)c4)cc3c2c1. The smallest absolute Gasteiger partial charge is 0.0971 e. The number of aromatic nitrogens is 2. The third-order valence-corrected chi connectivity index (χ3v) is 9.65. The Morgan fingerprint density at radius 2 is 1.05 bits per heavy atom. The fraction of sp³-hybridized carbons (Fsp3) is 0.0811. The molecule has 190 valence electrons. The number of thiophene rings is 1. The van der Waals surface area contributed by atoms with Crippen molar-refractivity contribution < 1.29 is 0 Å². The zero-order chi connectivity index (χ0) is 27.0. The number of hydrogen-bond donors (Lipinski definition) is 0. The number of aryl methyl sites for hydroxylation is 3. The molecular formula is C37H26N2S. The van der Waals surface area contributed by atoms with Crippen molar-refractivity contribution in [2.45, 2.75) is 20.8 Å². The lowest BCUT2D eigenvalue weighted by Crippen LogP contribution is -1.89. The zero-order valence-electron chi connectivity index (χ0n) is 22.6. The van der Waals surface area contributed by atoms with Crippen LogP contribution in [0.3, 0.4) is 0 Å². The van der Waals surface area contributed by atoms with Gasteiger partial charge in [-0.25, -0.2) is 0 Å². The molecule has 0 aliphatic carbocycles. The first-order chi connectivity index (χ1) is 19.5. The topological polar surface area (TPSA) is 25.8 Å². The van der Waals surface area contributed by atoms with E-state index in [4.69, 9.17) is 4.98 Å². The van der Waals surface area contributed by atoms with E-state index in [2.05, 4.69) is 117 Å². The lowest BCUT2D eigenvalue weighted by Gasteiger charge is -2.12. The highest BCUT2D eigenvalue weighted by Gasteiger charge is 2.14. The van der Waals surface area contributed by atoms with Crippen molar-refractivity contribution in [2.24, 2.45) is 0 Å². The van der Waals surface area contributed by atoms with Crippen LogP contribution in [-0.4, -0.2) is 9.97 Å². The average Bonchev–Trinajstić information content (AvgIpc) is 3.37. The van der Waals surface area contributed by atoms with Gasteiger partial charge in [0.1, 0.15) is 0 Å². The minimum absolute atomic E-state index is 0.953. The molecule has 0 bridgehead atoms. The number of rotatable bonds is 2. The molecular weight excluding hydrogens is 504 g/mol. The van der Waals surface area contributed by atoms with Crippen molar-refractivity contribution in [1.82, 2.24) is 9.97 Å². The molecule has 2 heterocycles. The molecule has 0 saturated carbocycles. The lowest BCUT2D eigenvalue weighted by atomic mass is 9.93. The first kappa shape index (κ1) is 23.3. The summed E-state index contributed by atoms with van der Waals surface area (Å²) in [5.74, 6) is 0. The van der Waals surface area contributed by atoms with Gasteiger partial charge in [-0.05, 0) is 95.3 Å². The van der Waals surface area contributed by atoms with Gasteiger partial charge in [-0.1, -0.05) is 66.2 Å². The molecule has 0 aliphatic rings. The summed E-state index contributed by atoms with van der Waals surface area (Å²) in [6.07, 6.45) is 3.56. The number of fused-ring (bicyclic) bond motifs is 9. The molecule has 0 amide bonds. The fourth-order valence-electron chi connectivity index (χ4n) is 6.36. The Kier molecular flexibility index (Phi) is 5.07. The summed E-state index contributed by atoms with van der Waals surface area (Å²) in [6, 6.07) is 33.6. The van der Waals surface area contributed by atoms with Crippen molar-refractivity contribution in [3.63, 3.8) is 0 Å². The summed E-state index contributed by atoms with van der Waals surface area (Å²) in [6.45, 7) is 6.67. The van der Waals surface area contributed by atoms with E-state index in [0.29, 0.717) is 0 Å². The minimum atomic E-state index is 0.953. The zero-order valence-corrected chi connectivity index (χ0v) is 23.4. The maximum atomic E-state index is 4.72. The van der Waals surface area contributed by atoms with Crippen molar-refractivity contribution in [1.29, 1.82) is 0 Å².